The predicted molar refractivity (Wildman–Crippen MR) is 160 cm³/mol. The van der Waals surface area contributed by atoms with Crippen molar-refractivity contribution in [2.75, 3.05) is 17.0 Å². The number of sulfonamides is 1. The van der Waals surface area contributed by atoms with Crippen LogP contribution in [0.5, 0.6) is 11.5 Å². The third-order valence-corrected chi connectivity index (χ3v) is 9.39. The van der Waals surface area contributed by atoms with Gasteiger partial charge >= 0.3 is 0 Å². The van der Waals surface area contributed by atoms with Crippen molar-refractivity contribution < 1.29 is 22.9 Å². The fourth-order valence-electron chi connectivity index (χ4n) is 4.20. The van der Waals surface area contributed by atoms with Crippen LogP contribution in [-0.4, -0.2) is 36.4 Å². The van der Waals surface area contributed by atoms with Crippen molar-refractivity contribution >= 4 is 62.3 Å². The molecule has 0 aromatic heterocycles. The molecule has 0 saturated carbocycles. The molecule has 1 saturated heterocycles. The van der Waals surface area contributed by atoms with Crippen LogP contribution in [-0.2, 0) is 10.0 Å². The van der Waals surface area contributed by atoms with Gasteiger partial charge in [-0.2, -0.15) is 0 Å². The fraction of sp³-hybridized carbons (Fsp3) is 0.107. The number of amides is 1. The summed E-state index contributed by atoms with van der Waals surface area (Å²) >= 11 is 13.8. The first-order chi connectivity index (χ1) is 19.6. The van der Waals surface area contributed by atoms with Crippen LogP contribution in [0.3, 0.4) is 0 Å². The Morgan fingerprint density at radius 1 is 1.00 bits per heavy atom. The Kier molecular flexibility index (Phi) is 8.41. The molecule has 0 spiro atoms. The molecule has 13 heteroatoms. The van der Waals surface area contributed by atoms with Crippen molar-refractivity contribution in [3.8, 4) is 11.5 Å². The van der Waals surface area contributed by atoms with Gasteiger partial charge in [-0.15, -0.1) is 11.8 Å². The Labute approximate surface area is 250 Å². The quantitative estimate of drug-likeness (QED) is 0.159. The number of thioether (sulfide) groups is 1. The molecular weight excluding hydrogens is 609 g/mol. The smallest absolute Gasteiger partial charge is 0.269 e. The number of nitro benzene ring substituents is 1. The first kappa shape index (κ1) is 28.7. The van der Waals surface area contributed by atoms with E-state index in [1.54, 1.807) is 41.3 Å². The zero-order valence-corrected chi connectivity index (χ0v) is 24.2. The van der Waals surface area contributed by atoms with E-state index >= 15 is 0 Å². The summed E-state index contributed by atoms with van der Waals surface area (Å²) in [5.41, 5.74) is 0.809. The minimum Gasteiger partial charge on any atom is -0.456 e. The van der Waals surface area contributed by atoms with Crippen molar-refractivity contribution in [2.45, 2.75) is 10.3 Å². The molecule has 1 amide bonds. The van der Waals surface area contributed by atoms with E-state index in [0.29, 0.717) is 28.8 Å². The fourth-order valence-corrected chi connectivity index (χ4v) is 6.88. The average molecular weight is 631 g/mol. The van der Waals surface area contributed by atoms with Crippen LogP contribution in [0.4, 0.5) is 11.4 Å². The standard InChI is InChI=1S/C28H21Cl2N3O6S2/c29-19-7-14-25(31-41(37,38)22-12-10-21(11-13-22)39-26-4-2-1-3-24(26)30)23(17-19)27(34)32-15-16-40-28(32)18-5-8-20(9-6-18)33(35)36/h1-14,17,28,31H,15-16H2/t28-/m0/s1. The van der Waals surface area contributed by atoms with E-state index < -0.39 is 26.2 Å². The van der Waals surface area contributed by atoms with Gasteiger partial charge in [0.25, 0.3) is 21.6 Å². The van der Waals surface area contributed by atoms with Crippen LogP contribution < -0.4 is 9.46 Å². The van der Waals surface area contributed by atoms with Crippen molar-refractivity contribution in [1.29, 1.82) is 0 Å². The van der Waals surface area contributed by atoms with E-state index in [1.807, 2.05) is 0 Å². The lowest BCUT2D eigenvalue weighted by Gasteiger charge is -2.25. The molecule has 41 heavy (non-hydrogen) atoms. The molecule has 0 bridgehead atoms. The molecule has 1 aliphatic rings. The molecule has 1 fully saturated rings. The van der Waals surface area contributed by atoms with Crippen molar-refractivity contribution in [1.82, 2.24) is 4.90 Å². The predicted octanol–water partition coefficient (Wildman–Crippen LogP) is 7.38. The Hall–Kier alpha value is -3.77. The van der Waals surface area contributed by atoms with E-state index in [4.69, 9.17) is 27.9 Å². The molecule has 210 valence electrons. The van der Waals surface area contributed by atoms with Gasteiger partial charge in [-0.3, -0.25) is 19.6 Å². The summed E-state index contributed by atoms with van der Waals surface area (Å²) in [7, 11) is -4.10. The Morgan fingerprint density at radius 2 is 1.71 bits per heavy atom. The number of ether oxygens (including phenoxy) is 1. The zero-order valence-electron chi connectivity index (χ0n) is 21.1. The highest BCUT2D eigenvalue weighted by Crippen LogP contribution is 2.40. The topological polar surface area (TPSA) is 119 Å². The van der Waals surface area contributed by atoms with Gasteiger partial charge in [0.1, 0.15) is 16.9 Å². The summed E-state index contributed by atoms with van der Waals surface area (Å²) in [4.78, 5) is 25.8. The van der Waals surface area contributed by atoms with E-state index in [-0.39, 0.29) is 26.9 Å². The summed E-state index contributed by atoms with van der Waals surface area (Å²) in [5, 5.41) is 11.3. The summed E-state index contributed by atoms with van der Waals surface area (Å²) in [6.07, 6.45) is 0. The number of anilines is 1. The highest BCUT2D eigenvalue weighted by Gasteiger charge is 2.33. The van der Waals surface area contributed by atoms with Gasteiger partial charge in [0.15, 0.2) is 0 Å². The van der Waals surface area contributed by atoms with Gasteiger partial charge in [0.2, 0.25) is 0 Å². The molecule has 5 rings (SSSR count). The first-order valence-corrected chi connectivity index (χ1v) is 15.4. The molecule has 1 atom stereocenters. The van der Waals surface area contributed by atoms with Crippen LogP contribution in [0.2, 0.25) is 10.0 Å². The summed E-state index contributed by atoms with van der Waals surface area (Å²) in [6.45, 7) is 0.400. The van der Waals surface area contributed by atoms with Crippen molar-refractivity contribution in [2.24, 2.45) is 0 Å². The SMILES string of the molecule is O=C(c1cc(Cl)ccc1NS(=O)(=O)c1ccc(Oc2ccccc2Cl)cc1)N1CCS[C@H]1c1ccc([N+](=O)[O-])cc1. The minimum absolute atomic E-state index is 0.0437. The summed E-state index contributed by atoms with van der Waals surface area (Å²) < 4.78 is 34.8. The summed E-state index contributed by atoms with van der Waals surface area (Å²) in [5.74, 6) is 1.03. The van der Waals surface area contributed by atoms with E-state index in [9.17, 15) is 23.3 Å². The molecule has 4 aromatic carbocycles. The third-order valence-electron chi connectivity index (χ3n) is 6.20. The number of hydrogen-bond acceptors (Lipinski definition) is 7. The van der Waals surface area contributed by atoms with Gasteiger partial charge in [-0.1, -0.05) is 35.3 Å². The number of hydrogen-bond donors (Lipinski definition) is 1. The number of nitro groups is 1. The molecule has 1 heterocycles. The molecule has 0 radical (unpaired) electrons. The normalized spacial score (nSPS) is 15.0. The van der Waals surface area contributed by atoms with E-state index in [0.717, 1.165) is 5.56 Å². The average Bonchev–Trinajstić information content (AvgIpc) is 3.45. The van der Waals surface area contributed by atoms with Gasteiger partial charge in [0, 0.05) is 29.5 Å². The Morgan fingerprint density at radius 3 is 2.39 bits per heavy atom. The largest absolute Gasteiger partial charge is 0.456 e. The van der Waals surface area contributed by atoms with Crippen LogP contribution in [0.1, 0.15) is 21.3 Å². The van der Waals surface area contributed by atoms with E-state index in [1.165, 1.54) is 66.4 Å². The van der Waals surface area contributed by atoms with Crippen LogP contribution in [0, 0.1) is 10.1 Å². The highest BCUT2D eigenvalue weighted by atomic mass is 35.5. The van der Waals surface area contributed by atoms with Crippen LogP contribution in [0.15, 0.2) is 95.9 Å². The number of nitrogens with zero attached hydrogens (tertiary/aromatic N) is 2. The lowest BCUT2D eigenvalue weighted by molar-refractivity contribution is -0.384. The maximum absolute atomic E-state index is 13.7. The lowest BCUT2D eigenvalue weighted by atomic mass is 10.1. The molecule has 9 nitrogen and oxygen atoms in total. The number of benzene rings is 4. The first-order valence-electron chi connectivity index (χ1n) is 12.1. The number of carbonyl (C=O) groups is 1. The van der Waals surface area contributed by atoms with Gasteiger partial charge in [-0.05, 0) is 72.3 Å². The molecule has 0 aliphatic carbocycles. The summed E-state index contributed by atoms with van der Waals surface area (Å²) in [6, 6.07) is 23.0. The molecule has 1 aliphatic heterocycles. The van der Waals surface area contributed by atoms with Gasteiger partial charge in [-0.25, -0.2) is 8.42 Å². The lowest BCUT2D eigenvalue weighted by Crippen LogP contribution is -2.31. The van der Waals surface area contributed by atoms with Crippen molar-refractivity contribution in [3.63, 3.8) is 0 Å². The number of nitrogens with one attached hydrogen (secondary N) is 1. The number of non-ortho nitro benzene ring substituents is 1. The van der Waals surface area contributed by atoms with Gasteiger partial charge < -0.3 is 9.64 Å². The number of carbonyl (C=O) groups excluding carboxylic acids is 1. The molecule has 0 unspecified atom stereocenters. The molecule has 1 N–H and O–H groups in total. The minimum atomic E-state index is -4.10. The zero-order chi connectivity index (χ0) is 29.1. The Bertz CT molecular complexity index is 1720. The maximum atomic E-state index is 13.7. The second-order valence-corrected chi connectivity index (χ2v) is 12.6. The van der Waals surface area contributed by atoms with Crippen LogP contribution in [0.25, 0.3) is 0 Å². The number of rotatable bonds is 8. The van der Waals surface area contributed by atoms with Crippen LogP contribution >= 0.6 is 35.0 Å². The monoisotopic (exact) mass is 629 g/mol. The molecular formula is C28H21Cl2N3O6S2. The second kappa shape index (κ2) is 12.0. The number of halogens is 2. The Balaban J connectivity index is 1.37. The second-order valence-electron chi connectivity index (χ2n) is 8.87. The van der Waals surface area contributed by atoms with Crippen molar-refractivity contribution in [3.05, 3.63) is 122 Å². The van der Waals surface area contributed by atoms with Gasteiger partial charge in [0.05, 0.1) is 26.1 Å². The highest BCUT2D eigenvalue weighted by molar-refractivity contribution is 7.99. The maximum Gasteiger partial charge on any atom is 0.269 e. The van der Waals surface area contributed by atoms with E-state index in [2.05, 4.69) is 4.72 Å². The molecule has 4 aromatic rings. The third kappa shape index (κ3) is 6.43. The number of para-hydroxylation sites is 1.